The van der Waals surface area contributed by atoms with E-state index in [9.17, 15) is 9.90 Å². The first-order chi connectivity index (χ1) is 8.49. The molecule has 1 unspecified atom stereocenters. The highest BCUT2D eigenvalue weighted by Crippen LogP contribution is 2.15. The summed E-state index contributed by atoms with van der Waals surface area (Å²) in [6.07, 6.45) is 1.53. The zero-order chi connectivity index (χ0) is 13.6. The molecular weight excluding hydrogens is 230 g/mol. The third kappa shape index (κ3) is 4.37. The monoisotopic (exact) mass is 251 g/mol. The first kappa shape index (κ1) is 14.5. The van der Waals surface area contributed by atoms with Crippen molar-refractivity contribution in [2.24, 2.45) is 0 Å². The van der Waals surface area contributed by atoms with Crippen LogP contribution >= 0.6 is 0 Å². The van der Waals surface area contributed by atoms with E-state index in [0.29, 0.717) is 6.42 Å². The molecule has 0 aliphatic heterocycles. The number of nitrogens with one attached hydrogen (secondary N) is 1. The fraction of sp³-hybridized carbons (Fsp3) is 0.500. The summed E-state index contributed by atoms with van der Waals surface area (Å²) in [5, 5.41) is 21.2. The zero-order valence-electron chi connectivity index (χ0n) is 10.9. The van der Waals surface area contributed by atoms with Gasteiger partial charge in [-0.1, -0.05) is 19.1 Å². The quantitative estimate of drug-likeness (QED) is 0.719. The number of hydrogen-bond acceptors (Lipinski definition) is 3. The van der Waals surface area contributed by atoms with Gasteiger partial charge in [0.15, 0.2) is 0 Å². The second-order valence-corrected chi connectivity index (χ2v) is 4.78. The number of aliphatic hydroxyl groups excluding tert-OH is 1. The van der Waals surface area contributed by atoms with Crippen LogP contribution in [0.2, 0.25) is 0 Å². The predicted molar refractivity (Wildman–Crippen MR) is 70.4 cm³/mol. The Morgan fingerprint density at radius 1 is 1.44 bits per heavy atom. The van der Waals surface area contributed by atoms with E-state index in [4.69, 9.17) is 5.11 Å². The Morgan fingerprint density at radius 3 is 2.72 bits per heavy atom. The van der Waals surface area contributed by atoms with Crippen molar-refractivity contribution in [1.82, 2.24) is 5.32 Å². The smallest absolute Gasteiger partial charge is 0.224 e. The van der Waals surface area contributed by atoms with Crippen molar-refractivity contribution in [3.63, 3.8) is 0 Å². The van der Waals surface area contributed by atoms with Gasteiger partial charge >= 0.3 is 0 Å². The SMILES string of the molecule is CCC(C)(CCO)NC(=O)Cc1cccc(O)c1. The Labute approximate surface area is 108 Å². The van der Waals surface area contributed by atoms with Crippen molar-refractivity contribution in [1.29, 1.82) is 0 Å². The Hall–Kier alpha value is -1.55. The van der Waals surface area contributed by atoms with Crippen LogP contribution in [0, 0.1) is 0 Å². The number of phenolic OH excluding ortho intramolecular Hbond substituents is 1. The van der Waals surface area contributed by atoms with Crippen LogP contribution < -0.4 is 5.32 Å². The molecule has 100 valence electrons. The molecule has 1 atom stereocenters. The summed E-state index contributed by atoms with van der Waals surface area (Å²) in [6.45, 7) is 3.95. The molecule has 0 radical (unpaired) electrons. The van der Waals surface area contributed by atoms with Crippen LogP contribution in [0.25, 0.3) is 0 Å². The summed E-state index contributed by atoms with van der Waals surface area (Å²) in [6, 6.07) is 6.66. The molecular formula is C14H21NO3. The maximum atomic E-state index is 11.9. The summed E-state index contributed by atoms with van der Waals surface area (Å²) >= 11 is 0. The van der Waals surface area contributed by atoms with Crippen LogP contribution in [0.4, 0.5) is 0 Å². The summed E-state index contributed by atoms with van der Waals surface area (Å²) < 4.78 is 0. The lowest BCUT2D eigenvalue weighted by molar-refractivity contribution is -0.122. The van der Waals surface area contributed by atoms with Crippen LogP contribution in [0.15, 0.2) is 24.3 Å². The van der Waals surface area contributed by atoms with Gasteiger partial charge in [0.1, 0.15) is 5.75 Å². The maximum absolute atomic E-state index is 11.9. The van der Waals surface area contributed by atoms with E-state index in [2.05, 4.69) is 5.32 Å². The first-order valence-corrected chi connectivity index (χ1v) is 6.19. The molecule has 0 aliphatic rings. The average molecular weight is 251 g/mol. The van der Waals surface area contributed by atoms with Gasteiger partial charge in [0.2, 0.25) is 5.91 Å². The molecule has 1 amide bonds. The van der Waals surface area contributed by atoms with Gasteiger partial charge in [-0.15, -0.1) is 0 Å². The van der Waals surface area contributed by atoms with Crippen molar-refractivity contribution < 1.29 is 15.0 Å². The molecule has 4 nitrogen and oxygen atoms in total. The molecule has 0 spiro atoms. The van der Waals surface area contributed by atoms with E-state index >= 15 is 0 Å². The molecule has 0 aliphatic carbocycles. The fourth-order valence-corrected chi connectivity index (χ4v) is 1.81. The van der Waals surface area contributed by atoms with Gasteiger partial charge in [-0.3, -0.25) is 4.79 Å². The third-order valence-corrected chi connectivity index (χ3v) is 3.16. The highest BCUT2D eigenvalue weighted by atomic mass is 16.3. The summed E-state index contributed by atoms with van der Waals surface area (Å²) in [5.41, 5.74) is 0.401. The highest BCUT2D eigenvalue weighted by molar-refractivity contribution is 5.79. The van der Waals surface area contributed by atoms with E-state index in [-0.39, 0.29) is 30.2 Å². The lowest BCUT2D eigenvalue weighted by atomic mass is 9.94. The Morgan fingerprint density at radius 2 is 2.17 bits per heavy atom. The van der Waals surface area contributed by atoms with E-state index in [1.165, 1.54) is 0 Å². The second-order valence-electron chi connectivity index (χ2n) is 4.78. The molecule has 0 saturated carbocycles. The minimum Gasteiger partial charge on any atom is -0.508 e. The number of amides is 1. The molecule has 1 aromatic carbocycles. The minimum atomic E-state index is -0.372. The van der Waals surface area contributed by atoms with Gasteiger partial charge in [-0.25, -0.2) is 0 Å². The van der Waals surface area contributed by atoms with Crippen molar-refractivity contribution >= 4 is 5.91 Å². The number of aliphatic hydroxyl groups is 1. The second kappa shape index (κ2) is 6.40. The summed E-state index contributed by atoms with van der Waals surface area (Å²) in [4.78, 5) is 11.9. The number of aromatic hydroxyl groups is 1. The van der Waals surface area contributed by atoms with Crippen molar-refractivity contribution in [3.05, 3.63) is 29.8 Å². The molecule has 0 bridgehead atoms. The molecule has 0 fully saturated rings. The van der Waals surface area contributed by atoms with E-state index in [1.807, 2.05) is 13.8 Å². The summed E-state index contributed by atoms with van der Waals surface area (Å²) in [5.74, 6) is 0.0623. The van der Waals surface area contributed by atoms with Gasteiger partial charge in [-0.05, 0) is 37.5 Å². The van der Waals surface area contributed by atoms with Crippen molar-refractivity contribution in [2.45, 2.75) is 38.6 Å². The van der Waals surface area contributed by atoms with E-state index < -0.39 is 0 Å². The van der Waals surface area contributed by atoms with Crippen molar-refractivity contribution in [3.8, 4) is 5.75 Å². The van der Waals surface area contributed by atoms with E-state index in [0.717, 1.165) is 12.0 Å². The Bertz CT molecular complexity index is 406. The van der Waals surface area contributed by atoms with Crippen LogP contribution in [0.1, 0.15) is 32.3 Å². The standard InChI is InChI=1S/C14H21NO3/c1-3-14(2,7-8-16)15-13(18)10-11-5-4-6-12(17)9-11/h4-6,9,16-17H,3,7-8,10H2,1-2H3,(H,15,18). The van der Waals surface area contributed by atoms with Gasteiger partial charge in [-0.2, -0.15) is 0 Å². The first-order valence-electron chi connectivity index (χ1n) is 6.19. The topological polar surface area (TPSA) is 69.6 Å². The van der Waals surface area contributed by atoms with Gasteiger partial charge < -0.3 is 15.5 Å². The molecule has 0 heterocycles. The van der Waals surface area contributed by atoms with E-state index in [1.54, 1.807) is 24.3 Å². The van der Waals surface area contributed by atoms with Gasteiger partial charge in [0.25, 0.3) is 0 Å². The molecule has 18 heavy (non-hydrogen) atoms. The fourth-order valence-electron chi connectivity index (χ4n) is 1.81. The maximum Gasteiger partial charge on any atom is 0.224 e. The molecule has 4 heteroatoms. The summed E-state index contributed by atoms with van der Waals surface area (Å²) in [7, 11) is 0. The van der Waals surface area contributed by atoms with Crippen LogP contribution in [-0.4, -0.2) is 28.3 Å². The molecule has 1 rings (SSSR count). The average Bonchev–Trinajstić information content (AvgIpc) is 2.29. The molecule has 0 aromatic heterocycles. The lowest BCUT2D eigenvalue weighted by Gasteiger charge is -2.29. The Kier molecular flexibility index (Phi) is 5.16. The Balaban J connectivity index is 2.61. The molecule has 3 N–H and O–H groups in total. The lowest BCUT2D eigenvalue weighted by Crippen LogP contribution is -2.46. The number of rotatable bonds is 6. The number of hydrogen-bond donors (Lipinski definition) is 3. The van der Waals surface area contributed by atoms with Crippen LogP contribution in [0.5, 0.6) is 5.75 Å². The number of benzene rings is 1. The molecule has 0 saturated heterocycles. The van der Waals surface area contributed by atoms with Crippen LogP contribution in [-0.2, 0) is 11.2 Å². The number of carbonyl (C=O) groups is 1. The van der Waals surface area contributed by atoms with Gasteiger partial charge in [0.05, 0.1) is 6.42 Å². The predicted octanol–water partition coefficient (Wildman–Crippen LogP) is 1.60. The zero-order valence-corrected chi connectivity index (χ0v) is 10.9. The largest absolute Gasteiger partial charge is 0.508 e. The number of phenols is 1. The van der Waals surface area contributed by atoms with Crippen LogP contribution in [0.3, 0.4) is 0 Å². The van der Waals surface area contributed by atoms with Crippen molar-refractivity contribution in [2.75, 3.05) is 6.61 Å². The normalized spacial score (nSPS) is 13.9. The minimum absolute atomic E-state index is 0.0523. The van der Waals surface area contributed by atoms with Gasteiger partial charge in [0, 0.05) is 12.1 Å². The molecule has 1 aromatic rings. The highest BCUT2D eigenvalue weighted by Gasteiger charge is 2.23. The third-order valence-electron chi connectivity index (χ3n) is 3.16. The number of carbonyl (C=O) groups excluding carboxylic acids is 1.